The fraction of sp³-hybridized carbons (Fsp3) is 0.550. The summed E-state index contributed by atoms with van der Waals surface area (Å²) in [4.78, 5) is 26.5. The van der Waals surface area contributed by atoms with Gasteiger partial charge in [-0.05, 0) is 49.8 Å². The molecule has 6 nitrogen and oxygen atoms in total. The number of rotatable bonds is 5. The molecule has 0 radical (unpaired) electrons. The summed E-state index contributed by atoms with van der Waals surface area (Å²) in [5, 5.41) is 9.14. The molecule has 26 heavy (non-hydrogen) atoms. The van der Waals surface area contributed by atoms with E-state index in [1.165, 1.54) is 13.5 Å². The lowest BCUT2D eigenvalue weighted by molar-refractivity contribution is 0.0600. The standard InChI is InChI=1S/C20H24N2O4/c1-25-20(24)17-8-16(9-18(10-17)26-13-14-4-2-5-14)19(23)22-7-3-6-15(11-21)12-22/h8-10,14-15H,2-7,12-13H2,1H3/t15-/m0/s1. The van der Waals surface area contributed by atoms with E-state index in [1.54, 1.807) is 23.1 Å². The summed E-state index contributed by atoms with van der Waals surface area (Å²) in [7, 11) is 1.31. The number of ether oxygens (including phenoxy) is 2. The van der Waals surface area contributed by atoms with Crippen molar-refractivity contribution in [3.8, 4) is 11.8 Å². The molecule has 1 saturated heterocycles. The fourth-order valence-electron chi connectivity index (χ4n) is 3.36. The number of likely N-dealkylation sites (tertiary alicyclic amines) is 1. The molecule has 0 aromatic heterocycles. The van der Waals surface area contributed by atoms with Crippen LogP contribution < -0.4 is 4.74 Å². The SMILES string of the molecule is COC(=O)c1cc(OCC2CCC2)cc(C(=O)N2CCC[C@@H](C#N)C2)c1. The Hall–Kier alpha value is -2.55. The lowest BCUT2D eigenvalue weighted by Gasteiger charge is -2.30. The molecule has 1 aromatic rings. The van der Waals surface area contributed by atoms with Gasteiger partial charge in [-0.3, -0.25) is 4.79 Å². The maximum Gasteiger partial charge on any atom is 0.338 e. The highest BCUT2D eigenvalue weighted by Crippen LogP contribution is 2.28. The third kappa shape index (κ3) is 4.16. The van der Waals surface area contributed by atoms with E-state index in [9.17, 15) is 9.59 Å². The Morgan fingerprint density at radius 3 is 2.62 bits per heavy atom. The van der Waals surface area contributed by atoms with E-state index in [4.69, 9.17) is 14.7 Å². The van der Waals surface area contributed by atoms with E-state index in [1.807, 2.05) is 0 Å². The van der Waals surface area contributed by atoms with Crippen LogP contribution in [0.2, 0.25) is 0 Å². The molecular weight excluding hydrogens is 332 g/mol. The molecule has 1 heterocycles. The highest BCUT2D eigenvalue weighted by atomic mass is 16.5. The number of hydrogen-bond donors (Lipinski definition) is 0. The predicted molar refractivity (Wildman–Crippen MR) is 94.9 cm³/mol. The molecule has 2 fully saturated rings. The number of piperidine rings is 1. The third-order valence-corrected chi connectivity index (χ3v) is 5.18. The molecule has 6 heteroatoms. The van der Waals surface area contributed by atoms with Crippen LogP contribution in [0.5, 0.6) is 5.75 Å². The second-order valence-corrected chi connectivity index (χ2v) is 7.06. The summed E-state index contributed by atoms with van der Waals surface area (Å²) in [6.45, 7) is 1.65. The first-order chi connectivity index (χ1) is 12.6. The predicted octanol–water partition coefficient (Wildman–Crippen LogP) is 3.03. The van der Waals surface area contributed by atoms with E-state index >= 15 is 0 Å². The summed E-state index contributed by atoms with van der Waals surface area (Å²) >= 11 is 0. The number of carbonyl (C=O) groups excluding carboxylic acids is 2. The maximum absolute atomic E-state index is 12.9. The monoisotopic (exact) mass is 356 g/mol. The van der Waals surface area contributed by atoms with Gasteiger partial charge in [0.2, 0.25) is 0 Å². The van der Waals surface area contributed by atoms with E-state index in [2.05, 4.69) is 6.07 Å². The van der Waals surface area contributed by atoms with Gasteiger partial charge in [0.1, 0.15) is 5.75 Å². The lowest BCUT2D eigenvalue weighted by Crippen LogP contribution is -2.39. The molecule has 1 aliphatic carbocycles. The molecule has 0 N–H and O–H groups in total. The smallest absolute Gasteiger partial charge is 0.338 e. The number of methoxy groups -OCH3 is 1. The topological polar surface area (TPSA) is 79.6 Å². The average Bonchev–Trinajstić information content (AvgIpc) is 2.65. The first-order valence-electron chi connectivity index (χ1n) is 9.16. The van der Waals surface area contributed by atoms with Crippen molar-refractivity contribution in [2.24, 2.45) is 11.8 Å². The lowest BCUT2D eigenvalue weighted by atomic mass is 9.86. The van der Waals surface area contributed by atoms with Crippen molar-refractivity contribution < 1.29 is 19.1 Å². The van der Waals surface area contributed by atoms with Crippen molar-refractivity contribution in [1.82, 2.24) is 4.90 Å². The van der Waals surface area contributed by atoms with Gasteiger partial charge in [-0.1, -0.05) is 6.42 Å². The van der Waals surface area contributed by atoms with Gasteiger partial charge in [-0.2, -0.15) is 5.26 Å². The van der Waals surface area contributed by atoms with Crippen LogP contribution in [0.1, 0.15) is 52.8 Å². The van der Waals surface area contributed by atoms with Gasteiger partial charge < -0.3 is 14.4 Å². The van der Waals surface area contributed by atoms with Crippen molar-refractivity contribution in [3.05, 3.63) is 29.3 Å². The van der Waals surface area contributed by atoms with Crippen LogP contribution in [0.3, 0.4) is 0 Å². The minimum absolute atomic E-state index is 0.133. The number of carbonyl (C=O) groups is 2. The minimum Gasteiger partial charge on any atom is -0.493 e. The Balaban J connectivity index is 1.80. The maximum atomic E-state index is 12.9. The van der Waals surface area contributed by atoms with Crippen molar-refractivity contribution in [3.63, 3.8) is 0 Å². The summed E-state index contributed by atoms with van der Waals surface area (Å²) in [5.41, 5.74) is 0.700. The van der Waals surface area contributed by atoms with Crippen LogP contribution in [0.25, 0.3) is 0 Å². The van der Waals surface area contributed by atoms with E-state index < -0.39 is 5.97 Å². The molecule has 0 unspecified atom stereocenters. The van der Waals surface area contributed by atoms with Crippen molar-refractivity contribution in [2.45, 2.75) is 32.1 Å². The van der Waals surface area contributed by atoms with Crippen LogP contribution in [-0.4, -0.2) is 43.6 Å². The summed E-state index contributed by atoms with van der Waals surface area (Å²) in [5.74, 6) is 0.253. The molecule has 0 bridgehead atoms. The van der Waals surface area contributed by atoms with Crippen molar-refractivity contribution in [2.75, 3.05) is 26.8 Å². The molecule has 2 aliphatic rings. The molecule has 1 atom stereocenters. The quantitative estimate of drug-likeness (QED) is 0.758. The third-order valence-electron chi connectivity index (χ3n) is 5.18. The van der Waals surface area contributed by atoms with Gasteiger partial charge >= 0.3 is 5.97 Å². The van der Waals surface area contributed by atoms with Gasteiger partial charge in [0.15, 0.2) is 0 Å². The molecule has 1 aromatic carbocycles. The Bertz CT molecular complexity index is 721. The first kappa shape index (κ1) is 18.2. The number of nitriles is 1. The van der Waals surface area contributed by atoms with Gasteiger partial charge in [-0.25, -0.2) is 4.79 Å². The van der Waals surface area contributed by atoms with Crippen LogP contribution >= 0.6 is 0 Å². The van der Waals surface area contributed by atoms with Crippen LogP contribution in [0.4, 0.5) is 0 Å². The van der Waals surface area contributed by atoms with E-state index in [-0.39, 0.29) is 11.8 Å². The molecule has 1 saturated carbocycles. The van der Waals surface area contributed by atoms with E-state index in [0.29, 0.717) is 42.5 Å². The zero-order chi connectivity index (χ0) is 18.5. The Morgan fingerprint density at radius 1 is 1.19 bits per heavy atom. The second-order valence-electron chi connectivity index (χ2n) is 7.06. The van der Waals surface area contributed by atoms with Gasteiger partial charge in [0.05, 0.1) is 31.3 Å². The van der Waals surface area contributed by atoms with Gasteiger partial charge in [-0.15, -0.1) is 0 Å². The second kappa shape index (κ2) is 8.22. The number of benzene rings is 1. The fourth-order valence-corrected chi connectivity index (χ4v) is 3.36. The van der Waals surface area contributed by atoms with Crippen LogP contribution in [0, 0.1) is 23.2 Å². The minimum atomic E-state index is -0.498. The van der Waals surface area contributed by atoms with E-state index in [0.717, 1.165) is 25.7 Å². The highest BCUT2D eigenvalue weighted by Gasteiger charge is 2.26. The number of esters is 1. The van der Waals surface area contributed by atoms with Crippen molar-refractivity contribution >= 4 is 11.9 Å². The van der Waals surface area contributed by atoms with Crippen molar-refractivity contribution in [1.29, 1.82) is 5.26 Å². The Morgan fingerprint density at radius 2 is 1.96 bits per heavy atom. The largest absolute Gasteiger partial charge is 0.493 e. The van der Waals surface area contributed by atoms with Gasteiger partial charge in [0.25, 0.3) is 5.91 Å². The average molecular weight is 356 g/mol. The Kier molecular flexibility index (Phi) is 5.77. The zero-order valence-electron chi connectivity index (χ0n) is 15.1. The first-order valence-corrected chi connectivity index (χ1v) is 9.16. The summed E-state index contributed by atoms with van der Waals surface area (Å²) < 4.78 is 10.6. The summed E-state index contributed by atoms with van der Waals surface area (Å²) in [6, 6.07) is 7.09. The molecular formula is C20H24N2O4. The molecule has 1 aliphatic heterocycles. The van der Waals surface area contributed by atoms with Crippen LogP contribution in [-0.2, 0) is 4.74 Å². The zero-order valence-corrected chi connectivity index (χ0v) is 15.1. The number of amides is 1. The molecule has 1 amide bonds. The van der Waals surface area contributed by atoms with Crippen LogP contribution in [0.15, 0.2) is 18.2 Å². The van der Waals surface area contributed by atoms with Gasteiger partial charge in [0, 0.05) is 18.7 Å². The molecule has 0 spiro atoms. The summed E-state index contributed by atoms with van der Waals surface area (Å²) in [6.07, 6.45) is 5.18. The number of hydrogen-bond acceptors (Lipinski definition) is 5. The Labute approximate surface area is 153 Å². The molecule has 3 rings (SSSR count). The number of nitrogens with zero attached hydrogens (tertiary/aromatic N) is 2. The molecule has 138 valence electrons. The normalized spacial score (nSPS) is 20.0. The highest BCUT2D eigenvalue weighted by molar-refractivity contribution is 5.98.